The third kappa shape index (κ3) is 13.9. The fraction of sp³-hybridized carbons (Fsp3) is 0.500. The van der Waals surface area contributed by atoms with Crippen LogP contribution in [0.1, 0.15) is 97.5 Å². The zero-order valence-electron chi connectivity index (χ0n) is 20.8. The number of esters is 1. The predicted molar refractivity (Wildman–Crippen MR) is 139 cm³/mol. The molecule has 2 heteroatoms. The van der Waals surface area contributed by atoms with E-state index in [1.807, 2.05) is 24.3 Å². The van der Waals surface area contributed by atoms with Crippen LogP contribution in [-0.4, -0.2) is 5.97 Å². The van der Waals surface area contributed by atoms with E-state index in [1.54, 1.807) is 0 Å². The summed E-state index contributed by atoms with van der Waals surface area (Å²) in [6.45, 7) is 8.62. The molecule has 176 valence electrons. The molecule has 0 aliphatic rings. The number of rotatable bonds is 15. The van der Waals surface area contributed by atoms with Gasteiger partial charge in [-0.2, -0.15) is 0 Å². The van der Waals surface area contributed by atoms with Gasteiger partial charge in [-0.3, -0.25) is 4.79 Å². The van der Waals surface area contributed by atoms with E-state index in [1.165, 1.54) is 25.7 Å². The van der Waals surface area contributed by atoms with Gasteiger partial charge in [-0.1, -0.05) is 107 Å². The van der Waals surface area contributed by atoms with Crippen molar-refractivity contribution in [3.63, 3.8) is 0 Å². The van der Waals surface area contributed by atoms with Gasteiger partial charge in [0.15, 0.2) is 0 Å². The molecule has 0 saturated carbocycles. The van der Waals surface area contributed by atoms with Crippen molar-refractivity contribution in [1.29, 1.82) is 0 Å². The number of ether oxygens (including phenoxy) is 1. The first-order valence-corrected chi connectivity index (χ1v) is 12.3. The Morgan fingerprint density at radius 1 is 0.781 bits per heavy atom. The Hall–Kier alpha value is -2.35. The second-order valence-electron chi connectivity index (χ2n) is 9.20. The van der Waals surface area contributed by atoms with E-state index in [0.717, 1.165) is 37.7 Å². The number of carbonyl (C=O) groups excluding carboxylic acids is 1. The molecule has 1 aromatic carbocycles. The van der Waals surface area contributed by atoms with E-state index in [0.29, 0.717) is 12.2 Å². The van der Waals surface area contributed by atoms with E-state index in [-0.39, 0.29) is 11.4 Å². The normalized spacial score (nSPS) is 12.6. The lowest BCUT2D eigenvalue weighted by Gasteiger charge is -2.22. The molecular formula is C30H44O2. The fourth-order valence-electron chi connectivity index (χ4n) is 3.27. The zero-order chi connectivity index (χ0) is 23.5. The third-order valence-electron chi connectivity index (χ3n) is 5.13. The molecule has 1 aromatic rings. The maximum absolute atomic E-state index is 12.2. The van der Waals surface area contributed by atoms with Crippen molar-refractivity contribution >= 4 is 5.97 Å². The molecule has 1 rings (SSSR count). The highest BCUT2D eigenvalue weighted by Crippen LogP contribution is 2.31. The number of hydrogen-bond donors (Lipinski definition) is 0. The third-order valence-corrected chi connectivity index (χ3v) is 5.13. The summed E-state index contributed by atoms with van der Waals surface area (Å²) in [5, 5.41) is 0. The lowest BCUT2D eigenvalue weighted by Crippen LogP contribution is -2.16. The molecule has 2 nitrogen and oxygen atoms in total. The number of allylic oxidation sites excluding steroid dienone is 8. The largest absolute Gasteiger partial charge is 0.426 e. The number of benzene rings is 1. The predicted octanol–water partition coefficient (Wildman–Crippen LogP) is 9.04. The summed E-state index contributed by atoms with van der Waals surface area (Å²) in [5.74, 6) is 0.528. The number of hydrogen-bond acceptors (Lipinski definition) is 2. The quantitative estimate of drug-likeness (QED) is 0.119. The van der Waals surface area contributed by atoms with Crippen molar-refractivity contribution in [2.45, 2.75) is 97.3 Å². The molecule has 0 radical (unpaired) electrons. The van der Waals surface area contributed by atoms with Gasteiger partial charge in [-0.05, 0) is 56.4 Å². The molecule has 0 aliphatic carbocycles. The molecule has 0 amide bonds. The first kappa shape index (κ1) is 27.7. The first-order valence-electron chi connectivity index (χ1n) is 12.3. The van der Waals surface area contributed by atoms with E-state index in [9.17, 15) is 4.79 Å². The Bertz CT molecular complexity index is 744. The minimum absolute atomic E-state index is 0.0478. The maximum Gasteiger partial charge on any atom is 0.311 e. The van der Waals surface area contributed by atoms with Crippen molar-refractivity contribution in [1.82, 2.24) is 0 Å². The topological polar surface area (TPSA) is 26.3 Å². The molecule has 32 heavy (non-hydrogen) atoms. The Kier molecular flexibility index (Phi) is 14.9. The summed E-state index contributed by atoms with van der Waals surface area (Å²) in [6.07, 6.45) is 28.0. The van der Waals surface area contributed by atoms with Crippen molar-refractivity contribution in [2.24, 2.45) is 0 Å². The maximum atomic E-state index is 12.2. The molecule has 0 unspecified atom stereocenters. The Labute approximate surface area is 197 Å². The van der Waals surface area contributed by atoms with E-state index in [2.05, 4.69) is 76.3 Å². The Balaban J connectivity index is 2.12. The minimum atomic E-state index is -0.155. The molecule has 0 saturated heterocycles. The lowest BCUT2D eigenvalue weighted by atomic mass is 9.86. The molecule has 0 N–H and O–H groups in total. The van der Waals surface area contributed by atoms with E-state index >= 15 is 0 Å². The molecular weight excluding hydrogens is 392 g/mol. The summed E-state index contributed by atoms with van der Waals surface area (Å²) in [6, 6.07) is 7.81. The second-order valence-corrected chi connectivity index (χ2v) is 9.20. The smallest absolute Gasteiger partial charge is 0.311 e. The highest BCUT2D eigenvalue weighted by atomic mass is 16.5. The second kappa shape index (κ2) is 17.2. The van der Waals surface area contributed by atoms with Crippen LogP contribution in [0, 0.1) is 0 Å². The average molecular weight is 437 g/mol. The van der Waals surface area contributed by atoms with Crippen molar-refractivity contribution in [3.05, 3.63) is 78.4 Å². The van der Waals surface area contributed by atoms with Gasteiger partial charge in [-0.15, -0.1) is 0 Å². The minimum Gasteiger partial charge on any atom is -0.426 e. The van der Waals surface area contributed by atoms with Crippen LogP contribution in [0.25, 0.3) is 0 Å². The summed E-state index contributed by atoms with van der Waals surface area (Å²) in [7, 11) is 0. The summed E-state index contributed by atoms with van der Waals surface area (Å²) < 4.78 is 5.62. The molecule has 0 heterocycles. The molecule has 0 atom stereocenters. The molecule has 0 fully saturated rings. The van der Waals surface area contributed by atoms with E-state index in [4.69, 9.17) is 4.74 Å². The van der Waals surface area contributed by atoms with Crippen molar-refractivity contribution in [3.8, 4) is 5.75 Å². The van der Waals surface area contributed by atoms with Crippen LogP contribution >= 0.6 is 0 Å². The van der Waals surface area contributed by atoms with Crippen LogP contribution < -0.4 is 4.74 Å². The van der Waals surface area contributed by atoms with Gasteiger partial charge < -0.3 is 4.74 Å². The number of para-hydroxylation sites is 1. The van der Waals surface area contributed by atoms with Crippen LogP contribution in [0.15, 0.2) is 72.9 Å². The van der Waals surface area contributed by atoms with Crippen molar-refractivity contribution < 1.29 is 9.53 Å². The first-order chi connectivity index (χ1) is 15.4. The van der Waals surface area contributed by atoms with Gasteiger partial charge in [0.2, 0.25) is 0 Å². The van der Waals surface area contributed by atoms with Gasteiger partial charge in [0, 0.05) is 12.0 Å². The van der Waals surface area contributed by atoms with Gasteiger partial charge in [0.25, 0.3) is 0 Å². The van der Waals surface area contributed by atoms with Crippen LogP contribution in [-0.2, 0) is 10.2 Å². The van der Waals surface area contributed by atoms with Gasteiger partial charge >= 0.3 is 5.97 Å². The highest BCUT2D eigenvalue weighted by Gasteiger charge is 2.19. The fourth-order valence-corrected chi connectivity index (χ4v) is 3.27. The molecule has 0 aliphatic heterocycles. The summed E-state index contributed by atoms with van der Waals surface area (Å²) in [5.41, 5.74) is 1.02. The monoisotopic (exact) mass is 436 g/mol. The Morgan fingerprint density at radius 3 is 1.88 bits per heavy atom. The zero-order valence-corrected chi connectivity index (χ0v) is 20.8. The standard InChI is InChI=1S/C30H44O2/c1-5-6-7-8-9-10-11-12-13-14-15-16-17-18-19-20-21-26-29(31)32-28-25-23-22-24-27(28)30(2,3)4/h9-10,12-13,15-16,18-19,22-25H,5-8,11,14,17,20-21,26H2,1-4H3. The van der Waals surface area contributed by atoms with Gasteiger partial charge in [0.05, 0.1) is 0 Å². The summed E-state index contributed by atoms with van der Waals surface area (Å²) >= 11 is 0. The number of unbranched alkanes of at least 4 members (excludes halogenated alkanes) is 4. The van der Waals surface area contributed by atoms with E-state index < -0.39 is 0 Å². The number of carbonyl (C=O) groups is 1. The van der Waals surface area contributed by atoms with Crippen LogP contribution in [0.5, 0.6) is 5.75 Å². The highest BCUT2D eigenvalue weighted by molar-refractivity contribution is 5.72. The SMILES string of the molecule is CCCCCC=CCC=CCC=CCC=CCCCC(=O)Oc1ccccc1C(C)(C)C. The van der Waals surface area contributed by atoms with Crippen molar-refractivity contribution in [2.75, 3.05) is 0 Å². The average Bonchev–Trinajstić information content (AvgIpc) is 2.75. The molecule has 0 spiro atoms. The Morgan fingerprint density at radius 2 is 1.31 bits per heavy atom. The van der Waals surface area contributed by atoms with Crippen LogP contribution in [0.4, 0.5) is 0 Å². The lowest BCUT2D eigenvalue weighted by molar-refractivity contribution is -0.134. The molecule has 0 aromatic heterocycles. The van der Waals surface area contributed by atoms with Gasteiger partial charge in [0.1, 0.15) is 5.75 Å². The molecule has 0 bridgehead atoms. The van der Waals surface area contributed by atoms with Crippen LogP contribution in [0.3, 0.4) is 0 Å². The van der Waals surface area contributed by atoms with Gasteiger partial charge in [-0.25, -0.2) is 0 Å². The summed E-state index contributed by atoms with van der Waals surface area (Å²) in [4.78, 5) is 12.2. The van der Waals surface area contributed by atoms with Crippen LogP contribution in [0.2, 0.25) is 0 Å².